The van der Waals surface area contributed by atoms with Crippen LogP contribution in [-0.2, 0) is 0 Å². The maximum Gasteiger partial charge on any atom is 0.173 e. The number of oxime groups is 1. The molecule has 1 rings (SSSR count). The van der Waals surface area contributed by atoms with E-state index < -0.39 is 0 Å². The zero-order valence-electron chi connectivity index (χ0n) is 7.57. The molecule has 0 amide bonds. The van der Waals surface area contributed by atoms with E-state index in [4.69, 9.17) is 10.9 Å². The predicted octanol–water partition coefficient (Wildman–Crippen LogP) is 1.10. The van der Waals surface area contributed by atoms with Gasteiger partial charge in [-0.25, -0.2) is 0 Å². The highest BCUT2D eigenvalue weighted by molar-refractivity contribution is 6.00. The van der Waals surface area contributed by atoms with Gasteiger partial charge in [0, 0.05) is 0 Å². The summed E-state index contributed by atoms with van der Waals surface area (Å²) in [6, 6.07) is 3.49. The molecule has 0 spiro atoms. The smallest absolute Gasteiger partial charge is 0.173 e. The molecule has 0 aliphatic rings. The highest BCUT2D eigenvalue weighted by atomic mass is 16.4. The van der Waals surface area contributed by atoms with Crippen LogP contribution >= 0.6 is 0 Å². The van der Waals surface area contributed by atoms with Crippen molar-refractivity contribution in [2.24, 2.45) is 10.9 Å². The molecule has 4 heteroatoms. The summed E-state index contributed by atoms with van der Waals surface area (Å²) in [5.41, 5.74) is 7.40. The summed E-state index contributed by atoms with van der Waals surface area (Å²) < 4.78 is 0. The monoisotopic (exact) mass is 180 g/mol. The molecule has 0 unspecified atom stereocenters. The van der Waals surface area contributed by atoms with Gasteiger partial charge in [0.05, 0.1) is 5.56 Å². The van der Waals surface area contributed by atoms with Crippen molar-refractivity contribution in [3.05, 3.63) is 28.8 Å². The third-order valence-corrected chi connectivity index (χ3v) is 1.83. The normalized spacial score (nSPS) is 11.7. The van der Waals surface area contributed by atoms with Gasteiger partial charge in [-0.1, -0.05) is 11.2 Å². The largest absolute Gasteiger partial charge is 0.507 e. The molecular weight excluding hydrogens is 168 g/mol. The van der Waals surface area contributed by atoms with Crippen LogP contribution in [0.4, 0.5) is 0 Å². The Balaban J connectivity index is 3.37. The molecule has 0 aliphatic heterocycles. The summed E-state index contributed by atoms with van der Waals surface area (Å²) in [6.07, 6.45) is 0. The van der Waals surface area contributed by atoms with Gasteiger partial charge in [0.25, 0.3) is 0 Å². The molecule has 4 nitrogen and oxygen atoms in total. The van der Waals surface area contributed by atoms with Gasteiger partial charge >= 0.3 is 0 Å². The minimum absolute atomic E-state index is 0.0564. The number of aromatic hydroxyl groups is 1. The first-order chi connectivity index (χ1) is 6.06. The number of phenols is 1. The minimum Gasteiger partial charge on any atom is -0.507 e. The van der Waals surface area contributed by atoms with Gasteiger partial charge in [-0.2, -0.15) is 0 Å². The van der Waals surface area contributed by atoms with Crippen LogP contribution < -0.4 is 5.73 Å². The fraction of sp³-hybridized carbons (Fsp3) is 0.222. The molecule has 0 aromatic heterocycles. The van der Waals surface area contributed by atoms with Crippen LogP contribution in [0.2, 0.25) is 0 Å². The van der Waals surface area contributed by atoms with Gasteiger partial charge in [0.2, 0.25) is 0 Å². The van der Waals surface area contributed by atoms with Crippen molar-refractivity contribution < 1.29 is 10.3 Å². The number of benzene rings is 1. The van der Waals surface area contributed by atoms with Gasteiger partial charge in [-0.3, -0.25) is 0 Å². The number of nitrogens with two attached hydrogens (primary N) is 1. The molecule has 70 valence electrons. The lowest BCUT2D eigenvalue weighted by Gasteiger charge is -2.06. The number of rotatable bonds is 1. The summed E-state index contributed by atoms with van der Waals surface area (Å²) in [4.78, 5) is 0. The molecule has 13 heavy (non-hydrogen) atoms. The Morgan fingerprint density at radius 1 is 1.38 bits per heavy atom. The highest BCUT2D eigenvalue weighted by Gasteiger charge is 2.08. The van der Waals surface area contributed by atoms with Crippen molar-refractivity contribution in [2.45, 2.75) is 13.8 Å². The van der Waals surface area contributed by atoms with Gasteiger partial charge < -0.3 is 16.0 Å². The van der Waals surface area contributed by atoms with E-state index >= 15 is 0 Å². The van der Waals surface area contributed by atoms with E-state index in [9.17, 15) is 5.11 Å². The highest BCUT2D eigenvalue weighted by Crippen LogP contribution is 2.23. The summed E-state index contributed by atoms with van der Waals surface area (Å²) >= 11 is 0. The first kappa shape index (κ1) is 9.38. The van der Waals surface area contributed by atoms with Crippen LogP contribution in [0.15, 0.2) is 17.3 Å². The second kappa shape index (κ2) is 3.35. The lowest BCUT2D eigenvalue weighted by molar-refractivity contribution is 0.318. The molecule has 0 bridgehead atoms. The van der Waals surface area contributed by atoms with E-state index in [1.807, 2.05) is 13.0 Å². The standard InChI is InChI=1S/C9H12N2O2/c1-5-3-6(2)8(12)7(4-5)9(10)11-13/h3-4,12-13H,1-2H3,(H2,10,11). The third-order valence-electron chi connectivity index (χ3n) is 1.83. The molecule has 0 saturated heterocycles. The predicted molar refractivity (Wildman–Crippen MR) is 50.1 cm³/mol. The van der Waals surface area contributed by atoms with Crippen LogP contribution in [0, 0.1) is 13.8 Å². The van der Waals surface area contributed by atoms with Crippen LogP contribution in [0.1, 0.15) is 16.7 Å². The number of hydrogen-bond acceptors (Lipinski definition) is 3. The Hall–Kier alpha value is -1.71. The summed E-state index contributed by atoms with van der Waals surface area (Å²) in [6.45, 7) is 3.64. The maximum absolute atomic E-state index is 9.55. The molecule has 1 aromatic carbocycles. The Morgan fingerprint density at radius 3 is 2.54 bits per heavy atom. The van der Waals surface area contributed by atoms with E-state index in [-0.39, 0.29) is 11.6 Å². The van der Waals surface area contributed by atoms with Crippen LogP contribution in [0.25, 0.3) is 0 Å². The van der Waals surface area contributed by atoms with Crippen molar-refractivity contribution >= 4 is 5.84 Å². The van der Waals surface area contributed by atoms with E-state index in [1.54, 1.807) is 13.0 Å². The number of phenolic OH excluding ortho intramolecular Hbond substituents is 1. The van der Waals surface area contributed by atoms with E-state index in [2.05, 4.69) is 5.16 Å². The number of aryl methyl sites for hydroxylation is 2. The number of amidine groups is 1. The molecule has 0 heterocycles. The lowest BCUT2D eigenvalue weighted by Crippen LogP contribution is -2.13. The van der Waals surface area contributed by atoms with Gasteiger partial charge in [0.1, 0.15) is 5.75 Å². The fourth-order valence-corrected chi connectivity index (χ4v) is 1.21. The second-order valence-corrected chi connectivity index (χ2v) is 2.96. The van der Waals surface area contributed by atoms with Crippen LogP contribution in [-0.4, -0.2) is 16.1 Å². The lowest BCUT2D eigenvalue weighted by atomic mass is 10.1. The molecule has 0 aliphatic carbocycles. The first-order valence-electron chi connectivity index (χ1n) is 3.84. The molecule has 0 radical (unpaired) electrons. The first-order valence-corrected chi connectivity index (χ1v) is 3.84. The van der Waals surface area contributed by atoms with Gasteiger partial charge in [-0.15, -0.1) is 0 Å². The summed E-state index contributed by atoms with van der Waals surface area (Å²) in [7, 11) is 0. The molecular formula is C9H12N2O2. The molecule has 0 fully saturated rings. The molecule has 0 atom stereocenters. The third kappa shape index (κ3) is 1.72. The average Bonchev–Trinajstić information content (AvgIpc) is 2.10. The topological polar surface area (TPSA) is 78.8 Å². The quantitative estimate of drug-likeness (QED) is 0.262. The fourth-order valence-electron chi connectivity index (χ4n) is 1.21. The molecule has 0 saturated carbocycles. The zero-order chi connectivity index (χ0) is 10.0. The molecule has 1 aromatic rings. The average molecular weight is 180 g/mol. The van der Waals surface area contributed by atoms with Crippen molar-refractivity contribution in [1.29, 1.82) is 0 Å². The van der Waals surface area contributed by atoms with Crippen molar-refractivity contribution in [3.8, 4) is 5.75 Å². The van der Waals surface area contributed by atoms with Crippen molar-refractivity contribution in [1.82, 2.24) is 0 Å². The summed E-state index contributed by atoms with van der Waals surface area (Å²) in [5.74, 6) is -0.0230. The van der Waals surface area contributed by atoms with Gasteiger partial charge in [-0.05, 0) is 31.0 Å². The Morgan fingerprint density at radius 2 is 2.00 bits per heavy atom. The Labute approximate surface area is 76.3 Å². The van der Waals surface area contributed by atoms with E-state index in [0.29, 0.717) is 11.1 Å². The Kier molecular flexibility index (Phi) is 2.41. The van der Waals surface area contributed by atoms with E-state index in [0.717, 1.165) is 5.56 Å². The minimum atomic E-state index is -0.0794. The van der Waals surface area contributed by atoms with Crippen molar-refractivity contribution in [2.75, 3.05) is 0 Å². The van der Waals surface area contributed by atoms with Crippen LogP contribution in [0.5, 0.6) is 5.75 Å². The van der Waals surface area contributed by atoms with Crippen LogP contribution in [0.3, 0.4) is 0 Å². The van der Waals surface area contributed by atoms with Gasteiger partial charge in [0.15, 0.2) is 5.84 Å². The number of nitrogens with zero attached hydrogens (tertiary/aromatic N) is 1. The van der Waals surface area contributed by atoms with E-state index in [1.165, 1.54) is 0 Å². The SMILES string of the molecule is Cc1cc(C)c(O)c(/C(N)=N/O)c1. The summed E-state index contributed by atoms with van der Waals surface area (Å²) in [5, 5.41) is 20.8. The number of hydrogen-bond donors (Lipinski definition) is 3. The Bertz CT molecular complexity index is 359. The zero-order valence-corrected chi connectivity index (χ0v) is 7.57. The maximum atomic E-state index is 9.55. The van der Waals surface area contributed by atoms with Crippen molar-refractivity contribution in [3.63, 3.8) is 0 Å². The second-order valence-electron chi connectivity index (χ2n) is 2.96. The molecule has 4 N–H and O–H groups in total.